The first kappa shape index (κ1) is 16.2. The molecule has 0 spiro atoms. The molecule has 0 unspecified atom stereocenters. The number of nitrogens with zero attached hydrogens (tertiary/aromatic N) is 2. The Morgan fingerprint density at radius 1 is 1.55 bits per heavy atom. The number of amides is 1. The molecule has 112 valence electrons. The van der Waals surface area contributed by atoms with Crippen molar-refractivity contribution in [1.82, 2.24) is 4.98 Å². The molecule has 0 saturated heterocycles. The van der Waals surface area contributed by atoms with E-state index in [-0.39, 0.29) is 5.91 Å². The Morgan fingerprint density at radius 2 is 2.25 bits per heavy atom. The van der Waals surface area contributed by atoms with Gasteiger partial charge >= 0.3 is 0 Å². The molecule has 1 rings (SSSR count). The van der Waals surface area contributed by atoms with Crippen LogP contribution >= 0.6 is 0 Å². The predicted octanol–water partition coefficient (Wildman–Crippen LogP) is 1.61. The number of anilines is 2. The Balaban J connectivity index is 2.92. The summed E-state index contributed by atoms with van der Waals surface area (Å²) in [6.45, 7) is 2.07. The van der Waals surface area contributed by atoms with E-state index in [0.29, 0.717) is 18.0 Å². The summed E-state index contributed by atoms with van der Waals surface area (Å²) in [4.78, 5) is 18.1. The van der Waals surface area contributed by atoms with Crippen molar-refractivity contribution in [2.45, 2.75) is 32.2 Å². The molecule has 20 heavy (non-hydrogen) atoms. The van der Waals surface area contributed by atoms with Gasteiger partial charge in [-0.15, -0.1) is 0 Å². The van der Waals surface area contributed by atoms with Gasteiger partial charge in [-0.05, 0) is 12.5 Å². The van der Waals surface area contributed by atoms with Crippen LogP contribution in [0.3, 0.4) is 0 Å². The lowest BCUT2D eigenvalue weighted by Crippen LogP contribution is -2.36. The third-order valence-corrected chi connectivity index (χ3v) is 3.02. The highest BCUT2D eigenvalue weighted by Crippen LogP contribution is 2.32. The Bertz CT molecular complexity index is 449. The van der Waals surface area contributed by atoms with Crippen molar-refractivity contribution < 1.29 is 9.53 Å². The molecular formula is C14H24N4O2. The minimum atomic E-state index is -0.519. The van der Waals surface area contributed by atoms with Gasteiger partial charge in [-0.1, -0.05) is 19.8 Å². The molecule has 0 saturated carbocycles. The molecule has 6 heteroatoms. The first-order valence-electron chi connectivity index (χ1n) is 6.78. The fraction of sp³-hybridized carbons (Fsp3) is 0.571. The van der Waals surface area contributed by atoms with Crippen LogP contribution in [0.5, 0.6) is 5.88 Å². The van der Waals surface area contributed by atoms with Crippen molar-refractivity contribution in [3.8, 4) is 5.88 Å². The van der Waals surface area contributed by atoms with Gasteiger partial charge in [0, 0.05) is 20.3 Å². The maximum absolute atomic E-state index is 12.1. The Labute approximate surface area is 120 Å². The van der Waals surface area contributed by atoms with Gasteiger partial charge in [0.05, 0.1) is 18.8 Å². The molecule has 0 aliphatic carbocycles. The van der Waals surface area contributed by atoms with E-state index in [2.05, 4.69) is 17.2 Å². The average molecular weight is 280 g/mol. The van der Waals surface area contributed by atoms with E-state index >= 15 is 0 Å². The van der Waals surface area contributed by atoms with Crippen LogP contribution in [-0.2, 0) is 4.79 Å². The standard InChI is InChI=1S/C14H24N4O2/c1-5-6-7-10(15)13(19)17-12-11(18(2)3)8-9-16-14(12)20-4/h8-10H,5-7,15H2,1-4H3,(H,17,19)/t10-/m0/s1. The van der Waals surface area contributed by atoms with Gasteiger partial charge < -0.3 is 20.7 Å². The molecule has 3 N–H and O–H groups in total. The van der Waals surface area contributed by atoms with Crippen molar-refractivity contribution in [3.05, 3.63) is 12.3 Å². The number of rotatable bonds is 7. The molecule has 0 aromatic carbocycles. The molecule has 1 aromatic rings. The maximum atomic E-state index is 12.1. The van der Waals surface area contributed by atoms with Crippen LogP contribution in [0.1, 0.15) is 26.2 Å². The number of unbranched alkanes of at least 4 members (excludes halogenated alkanes) is 1. The quantitative estimate of drug-likeness (QED) is 0.793. The minimum absolute atomic E-state index is 0.215. The SMILES string of the molecule is CCCC[C@H](N)C(=O)Nc1c(N(C)C)ccnc1OC. The minimum Gasteiger partial charge on any atom is -0.479 e. The highest BCUT2D eigenvalue weighted by molar-refractivity contribution is 5.98. The second kappa shape index (κ2) is 7.69. The highest BCUT2D eigenvalue weighted by Gasteiger charge is 2.19. The van der Waals surface area contributed by atoms with Gasteiger partial charge in [0.1, 0.15) is 5.69 Å². The number of aromatic nitrogens is 1. The first-order chi connectivity index (χ1) is 9.51. The molecule has 0 aliphatic rings. The zero-order valence-corrected chi connectivity index (χ0v) is 12.6. The topological polar surface area (TPSA) is 80.5 Å². The second-order valence-corrected chi connectivity index (χ2v) is 4.85. The number of hydrogen-bond donors (Lipinski definition) is 2. The van der Waals surface area contributed by atoms with Crippen LogP contribution in [0.2, 0.25) is 0 Å². The molecule has 0 fully saturated rings. The van der Waals surface area contributed by atoms with Gasteiger partial charge in [0.25, 0.3) is 0 Å². The van der Waals surface area contributed by atoms with E-state index in [1.165, 1.54) is 7.11 Å². The number of methoxy groups -OCH3 is 1. The molecule has 0 radical (unpaired) electrons. The van der Waals surface area contributed by atoms with Crippen LogP contribution in [-0.4, -0.2) is 38.1 Å². The fourth-order valence-corrected chi connectivity index (χ4v) is 1.85. The smallest absolute Gasteiger partial charge is 0.241 e. The lowest BCUT2D eigenvalue weighted by atomic mass is 10.1. The third-order valence-electron chi connectivity index (χ3n) is 3.02. The van der Waals surface area contributed by atoms with E-state index in [0.717, 1.165) is 18.5 Å². The van der Waals surface area contributed by atoms with Crippen molar-refractivity contribution in [2.24, 2.45) is 5.73 Å². The van der Waals surface area contributed by atoms with Gasteiger partial charge in [-0.2, -0.15) is 0 Å². The van der Waals surface area contributed by atoms with Gasteiger partial charge in [-0.25, -0.2) is 4.98 Å². The number of carbonyl (C=O) groups excluding carboxylic acids is 1. The zero-order valence-electron chi connectivity index (χ0n) is 12.6. The number of nitrogens with one attached hydrogen (secondary N) is 1. The summed E-state index contributed by atoms with van der Waals surface area (Å²) in [6.07, 6.45) is 4.25. The number of ether oxygens (including phenoxy) is 1. The van der Waals surface area contributed by atoms with Crippen LogP contribution in [0.25, 0.3) is 0 Å². The average Bonchev–Trinajstić information content (AvgIpc) is 2.44. The van der Waals surface area contributed by atoms with Crippen LogP contribution in [0.4, 0.5) is 11.4 Å². The van der Waals surface area contributed by atoms with Gasteiger partial charge in [-0.3, -0.25) is 4.79 Å². The van der Waals surface area contributed by atoms with Crippen molar-refractivity contribution >= 4 is 17.3 Å². The molecule has 1 amide bonds. The second-order valence-electron chi connectivity index (χ2n) is 4.85. The summed E-state index contributed by atoms with van der Waals surface area (Å²) in [7, 11) is 5.30. The lowest BCUT2D eigenvalue weighted by Gasteiger charge is -2.20. The van der Waals surface area contributed by atoms with Gasteiger partial charge in [0.2, 0.25) is 11.8 Å². The van der Waals surface area contributed by atoms with E-state index in [4.69, 9.17) is 10.5 Å². The van der Waals surface area contributed by atoms with E-state index in [1.807, 2.05) is 25.1 Å². The summed E-state index contributed by atoms with van der Waals surface area (Å²) < 4.78 is 5.20. The summed E-state index contributed by atoms with van der Waals surface area (Å²) in [6, 6.07) is 1.30. The normalized spacial score (nSPS) is 11.8. The van der Waals surface area contributed by atoms with Crippen LogP contribution in [0, 0.1) is 0 Å². The van der Waals surface area contributed by atoms with Crippen LogP contribution < -0.4 is 20.7 Å². The lowest BCUT2D eigenvalue weighted by molar-refractivity contribution is -0.117. The molecular weight excluding hydrogens is 256 g/mol. The monoisotopic (exact) mass is 280 g/mol. The fourth-order valence-electron chi connectivity index (χ4n) is 1.85. The van der Waals surface area contributed by atoms with Crippen LogP contribution in [0.15, 0.2) is 12.3 Å². The third kappa shape index (κ3) is 4.09. The van der Waals surface area contributed by atoms with Gasteiger partial charge in [0.15, 0.2) is 0 Å². The van der Waals surface area contributed by atoms with E-state index in [1.54, 1.807) is 6.20 Å². The van der Waals surface area contributed by atoms with Crippen molar-refractivity contribution in [3.63, 3.8) is 0 Å². The molecule has 0 aliphatic heterocycles. The number of hydrogen-bond acceptors (Lipinski definition) is 5. The molecule has 1 aromatic heterocycles. The summed E-state index contributed by atoms with van der Waals surface area (Å²) in [5.41, 5.74) is 7.26. The first-order valence-corrected chi connectivity index (χ1v) is 6.78. The zero-order chi connectivity index (χ0) is 15.1. The van der Waals surface area contributed by atoms with Crippen molar-refractivity contribution in [1.29, 1.82) is 0 Å². The molecule has 1 heterocycles. The largest absolute Gasteiger partial charge is 0.479 e. The number of nitrogens with two attached hydrogens (primary N) is 1. The highest BCUT2D eigenvalue weighted by atomic mass is 16.5. The Morgan fingerprint density at radius 3 is 2.80 bits per heavy atom. The molecule has 1 atom stereocenters. The molecule has 6 nitrogen and oxygen atoms in total. The Hall–Kier alpha value is -1.82. The van der Waals surface area contributed by atoms with E-state index < -0.39 is 6.04 Å². The van der Waals surface area contributed by atoms with E-state index in [9.17, 15) is 4.79 Å². The Kier molecular flexibility index (Phi) is 6.24. The predicted molar refractivity (Wildman–Crippen MR) is 81.2 cm³/mol. The number of carbonyl (C=O) groups is 1. The van der Waals surface area contributed by atoms with Crippen molar-refractivity contribution in [2.75, 3.05) is 31.4 Å². The summed E-state index contributed by atoms with van der Waals surface area (Å²) in [5, 5.41) is 2.83. The number of pyridine rings is 1. The summed E-state index contributed by atoms with van der Waals surface area (Å²) in [5.74, 6) is 0.167. The molecule has 0 bridgehead atoms. The summed E-state index contributed by atoms with van der Waals surface area (Å²) >= 11 is 0. The maximum Gasteiger partial charge on any atom is 0.241 e.